The second-order valence-corrected chi connectivity index (χ2v) is 3.78. The Hall–Kier alpha value is -0.770. The van der Waals surface area contributed by atoms with E-state index in [1.54, 1.807) is 0 Å². The molecule has 0 spiro atoms. The number of hydrogen-bond acceptors (Lipinski definition) is 3. The first kappa shape index (κ1) is 11.3. The smallest absolute Gasteiger partial charge is 0.0752 e. The van der Waals surface area contributed by atoms with Gasteiger partial charge in [0.25, 0.3) is 0 Å². The van der Waals surface area contributed by atoms with Crippen molar-refractivity contribution < 1.29 is 5.11 Å². The van der Waals surface area contributed by atoms with Gasteiger partial charge in [0.2, 0.25) is 0 Å². The summed E-state index contributed by atoms with van der Waals surface area (Å²) >= 11 is 0. The fourth-order valence-electron chi connectivity index (χ4n) is 1.77. The maximum absolute atomic E-state index is 9.66. The Morgan fingerprint density at radius 2 is 2.43 bits per heavy atom. The molecule has 0 aromatic rings. The number of aliphatic hydroxyl groups excluding tert-OH is 1. The Kier molecular flexibility index (Phi) is 4.73. The standard InChI is InChI=1S/C9H18N4O/c1-2-3-5-13-6-4-8(11-12-10)9(14)7-13/h8-9,14H,2-7H2,1H3/t8-,9-/m1/s1. The molecule has 1 heterocycles. The molecule has 1 aliphatic rings. The molecule has 0 radical (unpaired) electrons. The summed E-state index contributed by atoms with van der Waals surface area (Å²) in [6.45, 7) is 4.77. The number of rotatable bonds is 4. The van der Waals surface area contributed by atoms with Crippen molar-refractivity contribution >= 4 is 0 Å². The minimum atomic E-state index is -0.489. The van der Waals surface area contributed by atoms with E-state index in [9.17, 15) is 5.11 Å². The zero-order chi connectivity index (χ0) is 10.4. The Morgan fingerprint density at radius 1 is 1.64 bits per heavy atom. The van der Waals surface area contributed by atoms with Crippen molar-refractivity contribution in [2.24, 2.45) is 5.11 Å². The van der Waals surface area contributed by atoms with Crippen molar-refractivity contribution in [2.45, 2.75) is 38.3 Å². The van der Waals surface area contributed by atoms with Crippen LogP contribution in [0.25, 0.3) is 10.4 Å². The number of piperidine rings is 1. The van der Waals surface area contributed by atoms with Gasteiger partial charge in [-0.1, -0.05) is 18.5 Å². The molecule has 2 atom stereocenters. The first-order chi connectivity index (χ1) is 6.77. The van der Waals surface area contributed by atoms with Gasteiger partial charge in [-0.2, -0.15) is 0 Å². The van der Waals surface area contributed by atoms with Gasteiger partial charge in [0.15, 0.2) is 0 Å². The molecule has 0 aliphatic carbocycles. The van der Waals surface area contributed by atoms with Crippen LogP contribution >= 0.6 is 0 Å². The second-order valence-electron chi connectivity index (χ2n) is 3.78. The predicted octanol–water partition coefficient (Wildman–Crippen LogP) is 1.53. The van der Waals surface area contributed by atoms with Gasteiger partial charge in [-0.25, -0.2) is 0 Å². The summed E-state index contributed by atoms with van der Waals surface area (Å²) in [5.41, 5.74) is 8.28. The van der Waals surface area contributed by atoms with Crippen LogP contribution in [0, 0.1) is 0 Å². The van der Waals surface area contributed by atoms with Gasteiger partial charge in [0.05, 0.1) is 12.1 Å². The van der Waals surface area contributed by atoms with Crippen LogP contribution in [0.1, 0.15) is 26.2 Å². The Labute approximate surface area is 84.3 Å². The van der Waals surface area contributed by atoms with Crippen LogP contribution in [-0.4, -0.2) is 41.8 Å². The molecule has 1 N–H and O–H groups in total. The molecule has 0 amide bonds. The van der Waals surface area contributed by atoms with E-state index in [1.807, 2.05) is 0 Å². The monoisotopic (exact) mass is 198 g/mol. The summed E-state index contributed by atoms with van der Waals surface area (Å²) in [6.07, 6.45) is 2.62. The molecule has 0 aromatic heterocycles. The van der Waals surface area contributed by atoms with Crippen LogP contribution in [0.15, 0.2) is 5.11 Å². The van der Waals surface area contributed by atoms with E-state index in [1.165, 1.54) is 12.8 Å². The summed E-state index contributed by atoms with van der Waals surface area (Å²) in [6, 6.07) is -0.224. The highest BCUT2D eigenvalue weighted by atomic mass is 16.3. The van der Waals surface area contributed by atoms with Crippen molar-refractivity contribution in [1.82, 2.24) is 4.90 Å². The molecule has 0 saturated carbocycles. The second kappa shape index (κ2) is 5.86. The van der Waals surface area contributed by atoms with E-state index in [2.05, 4.69) is 21.8 Å². The highest BCUT2D eigenvalue weighted by molar-refractivity contribution is 4.84. The third kappa shape index (κ3) is 3.18. The van der Waals surface area contributed by atoms with Crippen molar-refractivity contribution in [1.29, 1.82) is 0 Å². The molecule has 0 aromatic carbocycles. The van der Waals surface area contributed by atoms with E-state index in [4.69, 9.17) is 5.53 Å². The third-order valence-corrected chi connectivity index (χ3v) is 2.66. The summed E-state index contributed by atoms with van der Waals surface area (Å²) in [5, 5.41) is 13.2. The average molecular weight is 198 g/mol. The van der Waals surface area contributed by atoms with Crippen molar-refractivity contribution in [3.05, 3.63) is 10.4 Å². The lowest BCUT2D eigenvalue weighted by atomic mass is 10.0. The number of β-amino-alcohol motifs (C(OH)–C–C–N with tert-alkyl or cyclic N) is 1. The first-order valence-electron chi connectivity index (χ1n) is 5.22. The minimum Gasteiger partial charge on any atom is -0.391 e. The molecule has 0 bridgehead atoms. The van der Waals surface area contributed by atoms with Gasteiger partial charge < -0.3 is 10.0 Å². The van der Waals surface area contributed by atoms with Crippen molar-refractivity contribution in [2.75, 3.05) is 19.6 Å². The molecule has 5 heteroatoms. The zero-order valence-electron chi connectivity index (χ0n) is 8.63. The van der Waals surface area contributed by atoms with Crippen LogP contribution in [0.2, 0.25) is 0 Å². The topological polar surface area (TPSA) is 72.2 Å². The average Bonchev–Trinajstić information content (AvgIpc) is 2.19. The minimum absolute atomic E-state index is 0.224. The molecule has 1 aliphatic heterocycles. The van der Waals surface area contributed by atoms with E-state index in [0.29, 0.717) is 6.54 Å². The number of aliphatic hydroxyl groups is 1. The molecule has 0 unspecified atom stereocenters. The van der Waals surface area contributed by atoms with Crippen LogP contribution in [-0.2, 0) is 0 Å². The lowest BCUT2D eigenvalue weighted by Crippen LogP contribution is -2.45. The Bertz CT molecular complexity index is 215. The molecule has 14 heavy (non-hydrogen) atoms. The third-order valence-electron chi connectivity index (χ3n) is 2.66. The molecular weight excluding hydrogens is 180 g/mol. The molecular formula is C9H18N4O. The lowest BCUT2D eigenvalue weighted by Gasteiger charge is -2.33. The lowest BCUT2D eigenvalue weighted by molar-refractivity contribution is 0.0532. The Morgan fingerprint density at radius 3 is 3.00 bits per heavy atom. The van der Waals surface area contributed by atoms with Crippen LogP contribution in [0.4, 0.5) is 0 Å². The summed E-state index contributed by atoms with van der Waals surface area (Å²) < 4.78 is 0. The van der Waals surface area contributed by atoms with E-state index >= 15 is 0 Å². The Balaban J connectivity index is 2.34. The van der Waals surface area contributed by atoms with Gasteiger partial charge >= 0.3 is 0 Å². The summed E-state index contributed by atoms with van der Waals surface area (Å²) in [7, 11) is 0. The maximum atomic E-state index is 9.66. The fraction of sp³-hybridized carbons (Fsp3) is 1.00. The van der Waals surface area contributed by atoms with Gasteiger partial charge in [-0.15, -0.1) is 0 Å². The van der Waals surface area contributed by atoms with Crippen molar-refractivity contribution in [3.8, 4) is 0 Å². The van der Waals surface area contributed by atoms with Gasteiger partial charge in [-0.05, 0) is 31.5 Å². The van der Waals surface area contributed by atoms with Gasteiger partial charge in [0, 0.05) is 11.5 Å². The fourth-order valence-corrected chi connectivity index (χ4v) is 1.77. The maximum Gasteiger partial charge on any atom is 0.0752 e. The predicted molar refractivity (Wildman–Crippen MR) is 54.9 cm³/mol. The largest absolute Gasteiger partial charge is 0.391 e. The highest BCUT2D eigenvalue weighted by Crippen LogP contribution is 2.14. The van der Waals surface area contributed by atoms with Gasteiger partial charge in [-0.3, -0.25) is 0 Å². The van der Waals surface area contributed by atoms with Crippen LogP contribution < -0.4 is 0 Å². The van der Waals surface area contributed by atoms with Gasteiger partial charge in [0.1, 0.15) is 0 Å². The SMILES string of the molecule is CCCCN1CC[C@@H](N=[N+]=[N-])[C@H](O)C1. The van der Waals surface area contributed by atoms with Crippen molar-refractivity contribution in [3.63, 3.8) is 0 Å². The highest BCUT2D eigenvalue weighted by Gasteiger charge is 2.26. The molecule has 80 valence electrons. The molecule has 1 saturated heterocycles. The normalized spacial score (nSPS) is 28.4. The number of hydrogen-bond donors (Lipinski definition) is 1. The number of likely N-dealkylation sites (tertiary alicyclic amines) is 1. The first-order valence-corrected chi connectivity index (χ1v) is 5.22. The quantitative estimate of drug-likeness (QED) is 0.422. The number of azide groups is 1. The van der Waals surface area contributed by atoms with Crippen LogP contribution in [0.5, 0.6) is 0 Å². The van der Waals surface area contributed by atoms with Crippen LogP contribution in [0.3, 0.4) is 0 Å². The zero-order valence-corrected chi connectivity index (χ0v) is 8.63. The molecule has 5 nitrogen and oxygen atoms in total. The summed E-state index contributed by atoms with van der Waals surface area (Å²) in [4.78, 5) is 4.98. The van der Waals surface area contributed by atoms with E-state index in [0.717, 1.165) is 19.5 Å². The molecule has 1 fully saturated rings. The number of nitrogens with zero attached hydrogens (tertiary/aromatic N) is 4. The molecule has 1 rings (SSSR count). The van der Waals surface area contributed by atoms with E-state index in [-0.39, 0.29) is 6.04 Å². The van der Waals surface area contributed by atoms with E-state index < -0.39 is 6.10 Å². The summed E-state index contributed by atoms with van der Waals surface area (Å²) in [5.74, 6) is 0. The number of unbranched alkanes of at least 4 members (excludes halogenated alkanes) is 1.